The van der Waals surface area contributed by atoms with Gasteiger partial charge in [0.05, 0.1) is 5.56 Å². The van der Waals surface area contributed by atoms with Gasteiger partial charge in [-0.1, -0.05) is 20.8 Å². The summed E-state index contributed by atoms with van der Waals surface area (Å²) in [5.74, 6) is -0.921. The Bertz CT molecular complexity index is 403. The van der Waals surface area contributed by atoms with E-state index in [4.69, 9.17) is 10.8 Å². The van der Waals surface area contributed by atoms with E-state index in [1.54, 1.807) is 0 Å². The molecule has 3 heteroatoms. The van der Waals surface area contributed by atoms with Gasteiger partial charge in [0.1, 0.15) is 0 Å². The highest BCUT2D eigenvalue weighted by atomic mass is 16.4. The molecule has 0 aliphatic carbocycles. The Morgan fingerprint density at radius 2 is 1.87 bits per heavy atom. The van der Waals surface area contributed by atoms with Gasteiger partial charge >= 0.3 is 5.97 Å². The van der Waals surface area contributed by atoms with Crippen molar-refractivity contribution in [2.45, 2.75) is 33.1 Å². The number of carbonyl (C=O) groups is 1. The largest absolute Gasteiger partial charge is 0.478 e. The van der Waals surface area contributed by atoms with Crippen molar-refractivity contribution < 1.29 is 9.90 Å². The van der Waals surface area contributed by atoms with Crippen LogP contribution in [0.5, 0.6) is 0 Å². The molecule has 0 bridgehead atoms. The van der Waals surface area contributed by atoms with Crippen LogP contribution >= 0.6 is 0 Å². The summed E-state index contributed by atoms with van der Waals surface area (Å²) in [6.45, 7) is 7.89. The number of rotatable bonds is 1. The summed E-state index contributed by atoms with van der Waals surface area (Å²) >= 11 is 0. The van der Waals surface area contributed by atoms with Crippen LogP contribution in [0.25, 0.3) is 0 Å². The minimum atomic E-state index is -0.921. The average molecular weight is 207 g/mol. The summed E-state index contributed by atoms with van der Waals surface area (Å²) in [5.41, 5.74) is 8.04. The van der Waals surface area contributed by atoms with Gasteiger partial charge in [0.25, 0.3) is 0 Å². The molecule has 0 spiro atoms. The van der Waals surface area contributed by atoms with E-state index in [0.717, 1.165) is 11.1 Å². The van der Waals surface area contributed by atoms with Crippen LogP contribution in [0, 0.1) is 6.92 Å². The molecule has 1 aromatic carbocycles. The predicted molar refractivity (Wildman–Crippen MR) is 61.3 cm³/mol. The van der Waals surface area contributed by atoms with Crippen LogP contribution in [-0.4, -0.2) is 11.1 Å². The molecule has 0 saturated carbocycles. The summed E-state index contributed by atoms with van der Waals surface area (Å²) in [6, 6.07) is 3.34. The fraction of sp³-hybridized carbons (Fsp3) is 0.417. The van der Waals surface area contributed by atoms with E-state index in [0.29, 0.717) is 11.3 Å². The monoisotopic (exact) mass is 207 g/mol. The molecule has 1 aromatic rings. The maximum atomic E-state index is 11.1. The number of nitrogen functional groups attached to an aromatic ring is 1. The van der Waals surface area contributed by atoms with Gasteiger partial charge in [0.15, 0.2) is 0 Å². The molecule has 0 aliphatic rings. The van der Waals surface area contributed by atoms with Crippen molar-refractivity contribution in [2.75, 3.05) is 5.73 Å². The first-order chi connectivity index (χ1) is 6.73. The standard InChI is InChI=1S/C12H17NO2/c1-7-5-8(13)6-9(11(14)15)10(7)12(2,3)4/h5-6H,13H2,1-4H3,(H,14,15). The number of aryl methyl sites for hydroxylation is 1. The zero-order valence-electron chi connectivity index (χ0n) is 9.59. The Kier molecular flexibility index (Phi) is 2.75. The van der Waals surface area contributed by atoms with Crippen LogP contribution in [-0.2, 0) is 5.41 Å². The van der Waals surface area contributed by atoms with Gasteiger partial charge in [-0.2, -0.15) is 0 Å². The average Bonchev–Trinajstić information content (AvgIpc) is 1.99. The quantitative estimate of drug-likeness (QED) is 0.696. The lowest BCUT2D eigenvalue weighted by atomic mass is 9.80. The summed E-state index contributed by atoms with van der Waals surface area (Å²) in [7, 11) is 0. The molecule has 0 fully saturated rings. The SMILES string of the molecule is Cc1cc(N)cc(C(=O)O)c1C(C)(C)C. The van der Waals surface area contributed by atoms with Crippen molar-refractivity contribution in [3.8, 4) is 0 Å². The molecule has 0 radical (unpaired) electrons. The maximum Gasteiger partial charge on any atom is 0.336 e. The Morgan fingerprint density at radius 1 is 1.33 bits per heavy atom. The van der Waals surface area contributed by atoms with Gasteiger partial charge in [-0.25, -0.2) is 4.79 Å². The van der Waals surface area contributed by atoms with E-state index in [1.165, 1.54) is 6.07 Å². The number of hydrogen-bond acceptors (Lipinski definition) is 2. The highest BCUT2D eigenvalue weighted by Crippen LogP contribution is 2.30. The maximum absolute atomic E-state index is 11.1. The Labute approximate surface area is 89.9 Å². The third-order valence-electron chi connectivity index (χ3n) is 2.34. The molecule has 0 heterocycles. The predicted octanol–water partition coefficient (Wildman–Crippen LogP) is 2.57. The van der Waals surface area contributed by atoms with Gasteiger partial charge in [0, 0.05) is 5.69 Å². The molecule has 0 saturated heterocycles. The van der Waals surface area contributed by atoms with Gasteiger partial charge in [-0.15, -0.1) is 0 Å². The fourth-order valence-corrected chi connectivity index (χ4v) is 1.98. The molecule has 0 atom stereocenters. The molecular formula is C12H17NO2. The molecule has 3 N–H and O–H groups in total. The number of carboxylic acids is 1. The van der Waals surface area contributed by atoms with Crippen molar-refractivity contribution in [1.82, 2.24) is 0 Å². The fourth-order valence-electron chi connectivity index (χ4n) is 1.98. The summed E-state index contributed by atoms with van der Waals surface area (Å²) in [6.07, 6.45) is 0. The van der Waals surface area contributed by atoms with Crippen molar-refractivity contribution in [3.63, 3.8) is 0 Å². The molecule has 0 aliphatic heterocycles. The highest BCUT2D eigenvalue weighted by Gasteiger charge is 2.23. The minimum absolute atomic E-state index is 0.189. The molecule has 0 unspecified atom stereocenters. The second kappa shape index (κ2) is 3.57. The van der Waals surface area contributed by atoms with Gasteiger partial charge in [-0.05, 0) is 35.6 Å². The van der Waals surface area contributed by atoms with E-state index in [1.807, 2.05) is 33.8 Å². The molecular weight excluding hydrogens is 190 g/mol. The van der Waals surface area contributed by atoms with Crippen LogP contribution in [0.3, 0.4) is 0 Å². The number of carboxylic acid groups (broad SMARTS) is 1. The number of nitrogens with two attached hydrogens (primary N) is 1. The molecule has 0 amide bonds. The molecule has 82 valence electrons. The second-order valence-electron chi connectivity index (χ2n) is 4.82. The Morgan fingerprint density at radius 3 is 2.27 bits per heavy atom. The first-order valence-corrected chi connectivity index (χ1v) is 4.87. The van der Waals surface area contributed by atoms with E-state index in [-0.39, 0.29) is 5.41 Å². The number of benzene rings is 1. The van der Waals surface area contributed by atoms with Crippen LogP contribution in [0.15, 0.2) is 12.1 Å². The first-order valence-electron chi connectivity index (χ1n) is 4.87. The topological polar surface area (TPSA) is 63.3 Å². The van der Waals surface area contributed by atoms with Crippen LogP contribution < -0.4 is 5.73 Å². The van der Waals surface area contributed by atoms with Crippen LogP contribution in [0.2, 0.25) is 0 Å². The lowest BCUT2D eigenvalue weighted by Gasteiger charge is -2.24. The van der Waals surface area contributed by atoms with E-state index in [9.17, 15) is 4.79 Å². The van der Waals surface area contributed by atoms with Crippen molar-refractivity contribution >= 4 is 11.7 Å². The Hall–Kier alpha value is -1.51. The lowest BCUT2D eigenvalue weighted by molar-refractivity contribution is 0.0694. The van der Waals surface area contributed by atoms with Gasteiger partial charge in [0.2, 0.25) is 0 Å². The normalized spacial score (nSPS) is 11.5. The van der Waals surface area contributed by atoms with E-state index < -0.39 is 5.97 Å². The highest BCUT2D eigenvalue weighted by molar-refractivity contribution is 5.91. The zero-order chi connectivity index (χ0) is 11.8. The summed E-state index contributed by atoms with van der Waals surface area (Å²) in [4.78, 5) is 11.1. The lowest BCUT2D eigenvalue weighted by Crippen LogP contribution is -2.19. The van der Waals surface area contributed by atoms with Crippen molar-refractivity contribution in [1.29, 1.82) is 0 Å². The van der Waals surface area contributed by atoms with Crippen molar-refractivity contribution in [2.24, 2.45) is 0 Å². The molecule has 3 nitrogen and oxygen atoms in total. The Balaban J connectivity index is 3.55. The summed E-state index contributed by atoms with van der Waals surface area (Å²) < 4.78 is 0. The molecule has 0 aromatic heterocycles. The number of anilines is 1. The first kappa shape index (κ1) is 11.6. The third-order valence-corrected chi connectivity index (χ3v) is 2.34. The van der Waals surface area contributed by atoms with E-state index in [2.05, 4.69) is 0 Å². The van der Waals surface area contributed by atoms with Crippen LogP contribution in [0.1, 0.15) is 42.3 Å². The minimum Gasteiger partial charge on any atom is -0.478 e. The van der Waals surface area contributed by atoms with E-state index >= 15 is 0 Å². The zero-order valence-corrected chi connectivity index (χ0v) is 9.59. The second-order valence-corrected chi connectivity index (χ2v) is 4.82. The third kappa shape index (κ3) is 2.29. The smallest absolute Gasteiger partial charge is 0.336 e. The summed E-state index contributed by atoms with van der Waals surface area (Å²) in [5, 5.41) is 9.12. The number of hydrogen-bond donors (Lipinski definition) is 2. The number of aromatic carboxylic acids is 1. The van der Waals surface area contributed by atoms with Crippen LogP contribution in [0.4, 0.5) is 5.69 Å². The molecule has 1 rings (SSSR count). The van der Waals surface area contributed by atoms with Crippen molar-refractivity contribution in [3.05, 3.63) is 28.8 Å². The van der Waals surface area contributed by atoms with Gasteiger partial charge in [-0.3, -0.25) is 0 Å². The molecule has 15 heavy (non-hydrogen) atoms. The van der Waals surface area contributed by atoms with Gasteiger partial charge < -0.3 is 10.8 Å².